The summed E-state index contributed by atoms with van der Waals surface area (Å²) >= 11 is 2.12. The van der Waals surface area contributed by atoms with Crippen molar-refractivity contribution < 1.29 is 0 Å². The zero-order valence-electron chi connectivity index (χ0n) is 4.26. The number of hydrogen-bond acceptors (Lipinski definition) is 2. The Morgan fingerprint density at radius 2 is 2.25 bits per heavy atom. The van der Waals surface area contributed by atoms with Crippen LogP contribution in [0.2, 0.25) is 0 Å². The molecule has 0 aliphatic carbocycles. The van der Waals surface area contributed by atoms with E-state index in [4.69, 9.17) is 5.73 Å². The van der Waals surface area contributed by atoms with Crippen LogP contribution in [0.5, 0.6) is 0 Å². The number of nitrogens with one attached hydrogen (secondary N) is 1. The SMILES string of the molecule is NC1(I)C=CC=CN1. The first kappa shape index (κ1) is 6.10. The molecule has 0 aromatic rings. The quantitative estimate of drug-likeness (QED) is 0.360. The van der Waals surface area contributed by atoms with Gasteiger partial charge in [0.15, 0.2) is 3.67 Å². The summed E-state index contributed by atoms with van der Waals surface area (Å²) in [7, 11) is 0. The van der Waals surface area contributed by atoms with Crippen molar-refractivity contribution in [2.45, 2.75) is 3.67 Å². The lowest BCUT2D eigenvalue weighted by molar-refractivity contribution is 0.699. The van der Waals surface area contributed by atoms with Crippen molar-refractivity contribution in [1.29, 1.82) is 0 Å². The van der Waals surface area contributed by atoms with Crippen molar-refractivity contribution in [3.05, 3.63) is 24.4 Å². The first-order valence-corrected chi connectivity index (χ1v) is 3.38. The molecule has 0 aromatic heterocycles. The van der Waals surface area contributed by atoms with Crippen LogP contribution in [0, 0.1) is 0 Å². The minimum absolute atomic E-state index is 0.369. The number of alkyl halides is 1. The van der Waals surface area contributed by atoms with E-state index < -0.39 is 0 Å². The number of nitrogens with two attached hydrogens (primary N) is 1. The molecule has 44 valence electrons. The largest absolute Gasteiger partial charge is 0.362 e. The summed E-state index contributed by atoms with van der Waals surface area (Å²) in [6.45, 7) is 0. The summed E-state index contributed by atoms with van der Waals surface area (Å²) < 4.78 is -0.369. The molecule has 0 amide bonds. The molecular formula is C5H7IN2. The highest BCUT2D eigenvalue weighted by Crippen LogP contribution is 2.10. The molecule has 0 aromatic carbocycles. The smallest absolute Gasteiger partial charge is 0.158 e. The minimum atomic E-state index is -0.369. The van der Waals surface area contributed by atoms with Crippen LogP contribution in [0.4, 0.5) is 0 Å². The third-order valence-electron chi connectivity index (χ3n) is 0.851. The van der Waals surface area contributed by atoms with Crippen molar-refractivity contribution in [2.24, 2.45) is 5.73 Å². The third-order valence-corrected chi connectivity index (χ3v) is 1.52. The second kappa shape index (κ2) is 2.06. The van der Waals surface area contributed by atoms with Gasteiger partial charge in [-0.2, -0.15) is 0 Å². The molecule has 1 heterocycles. The number of halogens is 1. The van der Waals surface area contributed by atoms with Gasteiger partial charge in [-0.15, -0.1) is 0 Å². The molecule has 2 nitrogen and oxygen atoms in total. The average Bonchev–Trinajstić information content (AvgIpc) is 1.65. The number of dihydropyridines is 1. The van der Waals surface area contributed by atoms with Crippen LogP contribution in [-0.4, -0.2) is 3.67 Å². The van der Waals surface area contributed by atoms with Gasteiger partial charge in [0.05, 0.1) is 0 Å². The molecule has 3 heteroatoms. The van der Waals surface area contributed by atoms with Crippen LogP contribution >= 0.6 is 22.6 Å². The third kappa shape index (κ3) is 1.48. The lowest BCUT2D eigenvalue weighted by Crippen LogP contribution is -2.43. The predicted octanol–water partition coefficient (Wildman–Crippen LogP) is 0.707. The van der Waals surface area contributed by atoms with E-state index in [1.54, 1.807) is 0 Å². The molecular weight excluding hydrogens is 215 g/mol. The van der Waals surface area contributed by atoms with Crippen LogP contribution in [0.15, 0.2) is 24.4 Å². The van der Waals surface area contributed by atoms with Crippen molar-refractivity contribution in [3.8, 4) is 0 Å². The van der Waals surface area contributed by atoms with Crippen LogP contribution < -0.4 is 11.1 Å². The first-order valence-electron chi connectivity index (χ1n) is 2.31. The summed E-state index contributed by atoms with van der Waals surface area (Å²) in [5.74, 6) is 0. The zero-order valence-corrected chi connectivity index (χ0v) is 6.42. The Labute approximate surface area is 62.0 Å². The van der Waals surface area contributed by atoms with Gasteiger partial charge in [0.2, 0.25) is 0 Å². The Bertz CT molecular complexity index is 137. The lowest BCUT2D eigenvalue weighted by Gasteiger charge is -2.20. The number of hydrogen-bond donors (Lipinski definition) is 2. The van der Waals surface area contributed by atoms with Gasteiger partial charge in [-0.05, 0) is 40.9 Å². The maximum atomic E-state index is 5.62. The molecule has 0 spiro atoms. The highest BCUT2D eigenvalue weighted by molar-refractivity contribution is 14.1. The van der Waals surface area contributed by atoms with E-state index in [1.807, 2.05) is 24.4 Å². The molecule has 8 heavy (non-hydrogen) atoms. The Morgan fingerprint density at radius 3 is 2.50 bits per heavy atom. The van der Waals surface area contributed by atoms with Crippen LogP contribution in [0.25, 0.3) is 0 Å². The molecule has 0 saturated heterocycles. The number of rotatable bonds is 0. The molecule has 1 unspecified atom stereocenters. The second-order valence-corrected chi connectivity index (χ2v) is 3.42. The van der Waals surface area contributed by atoms with E-state index in [0.717, 1.165) is 0 Å². The summed E-state index contributed by atoms with van der Waals surface area (Å²) in [5.41, 5.74) is 5.62. The fourth-order valence-corrected chi connectivity index (χ4v) is 0.862. The Balaban J connectivity index is 2.65. The second-order valence-electron chi connectivity index (χ2n) is 1.63. The van der Waals surface area contributed by atoms with Gasteiger partial charge in [-0.1, -0.05) is 6.08 Å². The van der Waals surface area contributed by atoms with Gasteiger partial charge in [0.25, 0.3) is 0 Å². The molecule has 1 aliphatic rings. The van der Waals surface area contributed by atoms with Gasteiger partial charge in [-0.25, -0.2) is 0 Å². The highest BCUT2D eigenvalue weighted by atomic mass is 127. The van der Waals surface area contributed by atoms with Gasteiger partial charge in [0, 0.05) is 0 Å². The molecule has 1 aliphatic heterocycles. The molecule has 3 N–H and O–H groups in total. The molecule has 0 saturated carbocycles. The van der Waals surface area contributed by atoms with Crippen molar-refractivity contribution in [2.75, 3.05) is 0 Å². The van der Waals surface area contributed by atoms with Gasteiger partial charge in [0.1, 0.15) is 0 Å². The minimum Gasteiger partial charge on any atom is -0.362 e. The summed E-state index contributed by atoms with van der Waals surface area (Å²) in [6, 6.07) is 0. The lowest BCUT2D eigenvalue weighted by atomic mass is 10.3. The Kier molecular flexibility index (Phi) is 1.57. The van der Waals surface area contributed by atoms with Crippen molar-refractivity contribution >= 4 is 22.6 Å². The van der Waals surface area contributed by atoms with Crippen LogP contribution in [0.1, 0.15) is 0 Å². The summed E-state index contributed by atoms with van der Waals surface area (Å²) in [4.78, 5) is 0. The predicted molar refractivity (Wildman–Crippen MR) is 42.4 cm³/mol. The van der Waals surface area contributed by atoms with Gasteiger partial charge < -0.3 is 5.32 Å². The van der Waals surface area contributed by atoms with E-state index in [-0.39, 0.29) is 3.67 Å². The average molecular weight is 222 g/mol. The number of allylic oxidation sites excluding steroid dienone is 2. The first-order chi connectivity index (χ1) is 3.71. The standard InChI is InChI=1S/C5H7IN2/c6-5(7)3-1-2-4-8-5/h1-4,8H,7H2. The molecule has 0 bridgehead atoms. The summed E-state index contributed by atoms with van der Waals surface area (Å²) in [6.07, 6.45) is 7.55. The zero-order chi connectivity index (χ0) is 6.04. The van der Waals surface area contributed by atoms with Crippen LogP contribution in [0.3, 0.4) is 0 Å². The van der Waals surface area contributed by atoms with E-state index in [2.05, 4.69) is 27.9 Å². The van der Waals surface area contributed by atoms with E-state index >= 15 is 0 Å². The fourth-order valence-electron chi connectivity index (χ4n) is 0.475. The van der Waals surface area contributed by atoms with Crippen LogP contribution in [-0.2, 0) is 0 Å². The van der Waals surface area contributed by atoms with E-state index in [9.17, 15) is 0 Å². The maximum absolute atomic E-state index is 5.62. The molecule has 1 atom stereocenters. The normalized spacial score (nSPS) is 34.8. The summed E-state index contributed by atoms with van der Waals surface area (Å²) in [5, 5.41) is 2.96. The molecule has 0 fully saturated rings. The van der Waals surface area contributed by atoms with E-state index in [0.29, 0.717) is 0 Å². The van der Waals surface area contributed by atoms with Gasteiger partial charge in [-0.3, -0.25) is 5.73 Å². The topological polar surface area (TPSA) is 38.0 Å². The van der Waals surface area contributed by atoms with Gasteiger partial charge >= 0.3 is 0 Å². The van der Waals surface area contributed by atoms with E-state index in [1.165, 1.54) is 0 Å². The maximum Gasteiger partial charge on any atom is 0.158 e. The molecule has 0 radical (unpaired) electrons. The monoisotopic (exact) mass is 222 g/mol. The fraction of sp³-hybridized carbons (Fsp3) is 0.200. The highest BCUT2D eigenvalue weighted by Gasteiger charge is 2.13. The molecule has 1 rings (SSSR count). The Hall–Kier alpha value is -0.0300. The van der Waals surface area contributed by atoms with Crippen molar-refractivity contribution in [3.63, 3.8) is 0 Å². The Morgan fingerprint density at radius 1 is 1.50 bits per heavy atom. The van der Waals surface area contributed by atoms with Crippen molar-refractivity contribution in [1.82, 2.24) is 5.32 Å².